The molecule has 0 spiro atoms. The summed E-state index contributed by atoms with van der Waals surface area (Å²) >= 11 is 0. The maximum atomic E-state index is 4.42. The molecular formula is C13H23N3. The molecule has 0 aliphatic heterocycles. The average Bonchev–Trinajstić information content (AvgIpc) is 2.78. The molecule has 0 aromatic carbocycles. The van der Waals surface area contributed by atoms with Gasteiger partial charge in [0, 0.05) is 25.0 Å². The maximum absolute atomic E-state index is 4.42. The first kappa shape index (κ1) is 11.5. The van der Waals surface area contributed by atoms with Gasteiger partial charge in [0.15, 0.2) is 0 Å². The molecule has 3 heteroatoms. The molecule has 3 nitrogen and oxygen atoms in total. The lowest BCUT2D eigenvalue weighted by atomic mass is 10.1. The Hall–Kier alpha value is -0.990. The van der Waals surface area contributed by atoms with Crippen LogP contribution >= 0.6 is 0 Å². The SMILES string of the molecule is CC(C)Cn1ccnc1NC1CCCC1C. The third-order valence-corrected chi connectivity index (χ3v) is 3.45. The first-order chi connectivity index (χ1) is 7.66. The Labute approximate surface area is 98.3 Å². The molecule has 1 aromatic rings. The molecule has 0 amide bonds. The molecule has 1 heterocycles. The Morgan fingerprint density at radius 2 is 2.31 bits per heavy atom. The van der Waals surface area contributed by atoms with Gasteiger partial charge in [0.05, 0.1) is 0 Å². The zero-order chi connectivity index (χ0) is 11.5. The van der Waals surface area contributed by atoms with Crippen molar-refractivity contribution in [2.75, 3.05) is 5.32 Å². The summed E-state index contributed by atoms with van der Waals surface area (Å²) in [6, 6.07) is 0.619. The van der Waals surface area contributed by atoms with E-state index in [2.05, 4.69) is 41.8 Å². The van der Waals surface area contributed by atoms with Crippen LogP contribution in [0.4, 0.5) is 5.95 Å². The van der Waals surface area contributed by atoms with Gasteiger partial charge in [-0.05, 0) is 24.7 Å². The van der Waals surface area contributed by atoms with Crippen molar-refractivity contribution in [1.29, 1.82) is 0 Å². The van der Waals surface area contributed by atoms with Crippen molar-refractivity contribution in [3.8, 4) is 0 Å². The zero-order valence-electron chi connectivity index (χ0n) is 10.6. The van der Waals surface area contributed by atoms with Gasteiger partial charge in [0.1, 0.15) is 0 Å². The zero-order valence-corrected chi connectivity index (χ0v) is 10.6. The molecule has 0 radical (unpaired) electrons. The van der Waals surface area contributed by atoms with E-state index >= 15 is 0 Å². The van der Waals surface area contributed by atoms with Gasteiger partial charge in [-0.2, -0.15) is 0 Å². The van der Waals surface area contributed by atoms with Crippen LogP contribution in [0.1, 0.15) is 40.0 Å². The number of nitrogens with zero attached hydrogens (tertiary/aromatic N) is 2. The third kappa shape index (κ3) is 2.57. The van der Waals surface area contributed by atoms with Gasteiger partial charge in [-0.3, -0.25) is 0 Å². The highest BCUT2D eigenvalue weighted by Crippen LogP contribution is 2.27. The van der Waals surface area contributed by atoms with Crippen molar-refractivity contribution in [3.63, 3.8) is 0 Å². The molecule has 2 unspecified atom stereocenters. The summed E-state index contributed by atoms with van der Waals surface area (Å²) in [6.45, 7) is 7.85. The van der Waals surface area contributed by atoms with Gasteiger partial charge >= 0.3 is 0 Å². The number of aromatic nitrogens is 2. The minimum absolute atomic E-state index is 0.619. The summed E-state index contributed by atoms with van der Waals surface area (Å²) in [7, 11) is 0. The smallest absolute Gasteiger partial charge is 0.203 e. The van der Waals surface area contributed by atoms with E-state index in [9.17, 15) is 0 Å². The minimum Gasteiger partial charge on any atom is -0.353 e. The average molecular weight is 221 g/mol. The fraction of sp³-hybridized carbons (Fsp3) is 0.769. The van der Waals surface area contributed by atoms with Crippen molar-refractivity contribution in [2.45, 2.75) is 52.6 Å². The van der Waals surface area contributed by atoms with Crippen molar-refractivity contribution >= 4 is 5.95 Å². The molecule has 2 atom stereocenters. The Morgan fingerprint density at radius 3 is 2.94 bits per heavy atom. The quantitative estimate of drug-likeness (QED) is 0.846. The number of anilines is 1. The van der Waals surface area contributed by atoms with Crippen LogP contribution in [-0.2, 0) is 6.54 Å². The second kappa shape index (κ2) is 4.89. The van der Waals surface area contributed by atoms with E-state index in [4.69, 9.17) is 0 Å². The topological polar surface area (TPSA) is 29.9 Å². The number of rotatable bonds is 4. The lowest BCUT2D eigenvalue weighted by Crippen LogP contribution is -2.24. The molecule has 1 saturated carbocycles. The lowest BCUT2D eigenvalue weighted by molar-refractivity contribution is 0.512. The van der Waals surface area contributed by atoms with E-state index in [-0.39, 0.29) is 0 Å². The molecule has 0 saturated heterocycles. The van der Waals surface area contributed by atoms with E-state index in [1.165, 1.54) is 19.3 Å². The molecule has 2 rings (SSSR count). The van der Waals surface area contributed by atoms with E-state index in [0.717, 1.165) is 18.4 Å². The van der Waals surface area contributed by atoms with Crippen LogP contribution in [0.15, 0.2) is 12.4 Å². The lowest BCUT2D eigenvalue weighted by Gasteiger charge is -2.19. The van der Waals surface area contributed by atoms with Crippen LogP contribution < -0.4 is 5.32 Å². The molecule has 1 aliphatic rings. The van der Waals surface area contributed by atoms with Crippen molar-refractivity contribution in [1.82, 2.24) is 9.55 Å². The normalized spacial score (nSPS) is 25.2. The molecule has 1 aromatic heterocycles. The number of hydrogen-bond acceptors (Lipinski definition) is 2. The highest BCUT2D eigenvalue weighted by molar-refractivity contribution is 5.28. The second-order valence-electron chi connectivity index (χ2n) is 5.46. The van der Waals surface area contributed by atoms with Gasteiger partial charge in [-0.15, -0.1) is 0 Å². The van der Waals surface area contributed by atoms with Crippen LogP contribution in [-0.4, -0.2) is 15.6 Å². The van der Waals surface area contributed by atoms with Crippen LogP contribution in [0.5, 0.6) is 0 Å². The fourth-order valence-corrected chi connectivity index (χ4v) is 2.52. The fourth-order valence-electron chi connectivity index (χ4n) is 2.52. The summed E-state index contributed by atoms with van der Waals surface area (Å²) in [4.78, 5) is 4.42. The Bertz CT molecular complexity index is 330. The molecular weight excluding hydrogens is 198 g/mol. The highest BCUT2D eigenvalue weighted by atomic mass is 15.2. The van der Waals surface area contributed by atoms with E-state index in [1.54, 1.807) is 0 Å². The first-order valence-corrected chi connectivity index (χ1v) is 6.44. The third-order valence-electron chi connectivity index (χ3n) is 3.45. The molecule has 90 valence electrons. The summed E-state index contributed by atoms with van der Waals surface area (Å²) in [5, 5.41) is 3.60. The predicted molar refractivity (Wildman–Crippen MR) is 67.5 cm³/mol. The summed E-state index contributed by atoms with van der Waals surface area (Å²) in [5.74, 6) is 2.49. The number of hydrogen-bond donors (Lipinski definition) is 1. The standard InChI is InChI=1S/C13H23N3/c1-10(2)9-16-8-7-14-13(16)15-12-6-4-5-11(12)3/h7-8,10-12H,4-6,9H2,1-3H3,(H,14,15). The maximum Gasteiger partial charge on any atom is 0.203 e. The van der Waals surface area contributed by atoms with Gasteiger partial charge in [-0.25, -0.2) is 4.98 Å². The van der Waals surface area contributed by atoms with Crippen LogP contribution in [0, 0.1) is 11.8 Å². The molecule has 1 N–H and O–H groups in total. The van der Waals surface area contributed by atoms with E-state index in [1.807, 2.05) is 6.20 Å². The monoisotopic (exact) mass is 221 g/mol. The molecule has 16 heavy (non-hydrogen) atoms. The van der Waals surface area contributed by atoms with Crippen molar-refractivity contribution < 1.29 is 0 Å². The van der Waals surface area contributed by atoms with Gasteiger partial charge < -0.3 is 9.88 Å². The van der Waals surface area contributed by atoms with Crippen molar-refractivity contribution in [3.05, 3.63) is 12.4 Å². The van der Waals surface area contributed by atoms with Crippen LogP contribution in [0.2, 0.25) is 0 Å². The van der Waals surface area contributed by atoms with E-state index < -0.39 is 0 Å². The second-order valence-corrected chi connectivity index (χ2v) is 5.46. The number of imidazole rings is 1. The molecule has 1 aliphatic carbocycles. The Morgan fingerprint density at radius 1 is 1.50 bits per heavy atom. The predicted octanol–water partition coefficient (Wildman–Crippen LogP) is 3.14. The van der Waals surface area contributed by atoms with Crippen molar-refractivity contribution in [2.24, 2.45) is 11.8 Å². The summed E-state index contributed by atoms with van der Waals surface area (Å²) in [5.41, 5.74) is 0. The largest absolute Gasteiger partial charge is 0.353 e. The molecule has 0 bridgehead atoms. The van der Waals surface area contributed by atoms with Gasteiger partial charge in [0.25, 0.3) is 0 Å². The minimum atomic E-state index is 0.619. The molecule has 1 fully saturated rings. The Kier molecular flexibility index (Phi) is 3.52. The first-order valence-electron chi connectivity index (χ1n) is 6.44. The summed E-state index contributed by atoms with van der Waals surface area (Å²) < 4.78 is 2.23. The highest BCUT2D eigenvalue weighted by Gasteiger charge is 2.24. The van der Waals surface area contributed by atoms with Crippen LogP contribution in [0.25, 0.3) is 0 Å². The van der Waals surface area contributed by atoms with E-state index in [0.29, 0.717) is 12.0 Å². The van der Waals surface area contributed by atoms with Crippen LogP contribution in [0.3, 0.4) is 0 Å². The summed E-state index contributed by atoms with van der Waals surface area (Å²) in [6.07, 6.45) is 7.95. The number of nitrogens with one attached hydrogen (secondary N) is 1. The Balaban J connectivity index is 2.00. The van der Waals surface area contributed by atoms with Gasteiger partial charge in [0.2, 0.25) is 5.95 Å². The van der Waals surface area contributed by atoms with Gasteiger partial charge in [-0.1, -0.05) is 27.2 Å².